The lowest BCUT2D eigenvalue weighted by atomic mass is 10.2. The average molecular weight is 226 g/mol. The molecule has 1 N–H and O–H groups in total. The summed E-state index contributed by atoms with van der Waals surface area (Å²) in [5.41, 5.74) is 2.52. The van der Waals surface area contributed by atoms with Crippen molar-refractivity contribution in [3.05, 3.63) is 54.2 Å². The molecular weight excluding hydrogens is 210 g/mol. The minimum absolute atomic E-state index is 0.262. The normalized spacial score (nSPS) is 17.8. The standard InChI is InChI=1S/C14H15N3/c1-11-7-3-4-8-13(11)17-12(2)15-14-9-5-6-10-16(14)17/h3-10,12H,1-2H3/p+1/t12-/m0/s1. The summed E-state index contributed by atoms with van der Waals surface area (Å²) in [5, 5.41) is 5.73. The fourth-order valence-electron chi connectivity index (χ4n) is 2.34. The maximum atomic E-state index is 3.46. The molecule has 1 atom stereocenters. The summed E-state index contributed by atoms with van der Waals surface area (Å²) in [4.78, 5) is 0. The molecule has 0 unspecified atom stereocenters. The number of benzene rings is 1. The fraction of sp³-hybridized carbons (Fsp3) is 0.214. The van der Waals surface area contributed by atoms with Crippen molar-refractivity contribution in [3.8, 4) is 0 Å². The third kappa shape index (κ3) is 1.55. The largest absolute Gasteiger partial charge is 0.300 e. The van der Waals surface area contributed by atoms with Gasteiger partial charge in [-0.1, -0.05) is 24.3 Å². The molecule has 3 nitrogen and oxygen atoms in total. The van der Waals surface area contributed by atoms with Crippen molar-refractivity contribution in [2.75, 3.05) is 10.3 Å². The molecule has 1 aliphatic rings. The van der Waals surface area contributed by atoms with Gasteiger partial charge >= 0.3 is 0 Å². The molecule has 0 fully saturated rings. The molecule has 0 bridgehead atoms. The summed E-state index contributed by atoms with van der Waals surface area (Å²) >= 11 is 0. The Morgan fingerprint density at radius 1 is 1.12 bits per heavy atom. The van der Waals surface area contributed by atoms with E-state index in [0.717, 1.165) is 5.82 Å². The minimum Gasteiger partial charge on any atom is -0.249 e. The van der Waals surface area contributed by atoms with E-state index in [-0.39, 0.29) is 6.17 Å². The van der Waals surface area contributed by atoms with E-state index < -0.39 is 0 Å². The van der Waals surface area contributed by atoms with Gasteiger partial charge in [0.05, 0.1) is 5.69 Å². The molecule has 3 rings (SSSR count). The predicted octanol–water partition coefficient (Wildman–Crippen LogP) is 2.32. The number of para-hydroxylation sites is 1. The Kier molecular flexibility index (Phi) is 2.25. The molecule has 0 spiro atoms. The number of hydrogen-bond donors (Lipinski definition) is 1. The number of anilines is 2. The van der Waals surface area contributed by atoms with Crippen LogP contribution in [0.1, 0.15) is 12.5 Å². The Hall–Kier alpha value is -2.03. The lowest BCUT2D eigenvalue weighted by molar-refractivity contribution is -0.663. The highest BCUT2D eigenvalue weighted by molar-refractivity contribution is 5.54. The zero-order valence-corrected chi connectivity index (χ0v) is 10.1. The molecule has 3 heteroatoms. The van der Waals surface area contributed by atoms with Gasteiger partial charge in [0.1, 0.15) is 6.20 Å². The van der Waals surface area contributed by atoms with Gasteiger partial charge in [-0.05, 0) is 31.5 Å². The first kappa shape index (κ1) is 10.1. The van der Waals surface area contributed by atoms with E-state index in [1.165, 1.54) is 11.3 Å². The van der Waals surface area contributed by atoms with E-state index in [2.05, 4.69) is 71.4 Å². The molecule has 1 aromatic heterocycles. The van der Waals surface area contributed by atoms with Gasteiger partial charge in [-0.15, -0.1) is 4.68 Å². The smallest absolute Gasteiger partial charge is 0.249 e. The summed E-state index contributed by atoms with van der Waals surface area (Å²) in [5.74, 6) is 1.13. The van der Waals surface area contributed by atoms with Crippen LogP contribution in [0.15, 0.2) is 48.7 Å². The van der Waals surface area contributed by atoms with Crippen LogP contribution in [0.2, 0.25) is 0 Å². The van der Waals surface area contributed by atoms with Crippen LogP contribution in [0, 0.1) is 6.92 Å². The number of aryl methyl sites for hydroxylation is 1. The lowest BCUT2D eigenvalue weighted by Crippen LogP contribution is -2.53. The number of nitrogens with one attached hydrogen (secondary N) is 1. The van der Waals surface area contributed by atoms with Gasteiger partial charge in [0.25, 0.3) is 5.82 Å². The molecular formula is C14H16N3+. The Morgan fingerprint density at radius 3 is 2.71 bits per heavy atom. The van der Waals surface area contributed by atoms with Gasteiger partial charge in [-0.3, -0.25) is 0 Å². The van der Waals surface area contributed by atoms with Crippen molar-refractivity contribution in [1.29, 1.82) is 0 Å². The van der Waals surface area contributed by atoms with Crippen LogP contribution >= 0.6 is 0 Å². The van der Waals surface area contributed by atoms with E-state index in [1.807, 2.05) is 6.07 Å². The number of rotatable bonds is 1. The second kappa shape index (κ2) is 3.77. The Balaban J connectivity index is 2.13. The summed E-state index contributed by atoms with van der Waals surface area (Å²) in [6.07, 6.45) is 2.34. The summed E-state index contributed by atoms with van der Waals surface area (Å²) in [6.45, 7) is 4.31. The van der Waals surface area contributed by atoms with Gasteiger partial charge in [0.15, 0.2) is 0 Å². The Labute approximate surface area is 101 Å². The fourth-order valence-corrected chi connectivity index (χ4v) is 2.34. The SMILES string of the molecule is Cc1ccccc1N1[C@@H](C)Nc2cccc[n+]21. The molecule has 0 amide bonds. The topological polar surface area (TPSA) is 19.1 Å². The Morgan fingerprint density at radius 2 is 1.88 bits per heavy atom. The first-order chi connectivity index (χ1) is 8.27. The maximum absolute atomic E-state index is 3.46. The third-order valence-electron chi connectivity index (χ3n) is 3.16. The van der Waals surface area contributed by atoms with Crippen LogP contribution in [0.3, 0.4) is 0 Å². The van der Waals surface area contributed by atoms with Crippen molar-refractivity contribution in [2.24, 2.45) is 0 Å². The molecule has 2 heterocycles. The molecule has 1 aliphatic heterocycles. The van der Waals surface area contributed by atoms with E-state index in [0.29, 0.717) is 0 Å². The molecule has 0 aliphatic carbocycles. The highest BCUT2D eigenvalue weighted by Crippen LogP contribution is 2.24. The third-order valence-corrected chi connectivity index (χ3v) is 3.16. The van der Waals surface area contributed by atoms with Crippen molar-refractivity contribution >= 4 is 11.5 Å². The van der Waals surface area contributed by atoms with E-state index in [1.54, 1.807) is 0 Å². The Bertz CT molecular complexity index is 551. The molecule has 1 aromatic carbocycles. The first-order valence-electron chi connectivity index (χ1n) is 5.90. The zero-order valence-electron chi connectivity index (χ0n) is 10.1. The van der Waals surface area contributed by atoms with Crippen LogP contribution in [-0.4, -0.2) is 6.17 Å². The van der Waals surface area contributed by atoms with Crippen LogP contribution < -0.4 is 15.0 Å². The van der Waals surface area contributed by atoms with E-state index in [4.69, 9.17) is 0 Å². The number of pyridine rings is 1. The van der Waals surface area contributed by atoms with Gasteiger partial charge in [-0.25, -0.2) is 5.32 Å². The molecule has 86 valence electrons. The highest BCUT2D eigenvalue weighted by Gasteiger charge is 2.33. The second-order valence-corrected chi connectivity index (χ2v) is 4.38. The van der Waals surface area contributed by atoms with Crippen LogP contribution in [0.25, 0.3) is 0 Å². The summed E-state index contributed by atoms with van der Waals surface area (Å²) < 4.78 is 2.16. The van der Waals surface area contributed by atoms with E-state index >= 15 is 0 Å². The van der Waals surface area contributed by atoms with Crippen LogP contribution in [0.4, 0.5) is 11.5 Å². The quantitative estimate of drug-likeness (QED) is 0.753. The van der Waals surface area contributed by atoms with Crippen molar-refractivity contribution < 1.29 is 4.68 Å². The van der Waals surface area contributed by atoms with E-state index in [9.17, 15) is 0 Å². The van der Waals surface area contributed by atoms with Crippen molar-refractivity contribution in [2.45, 2.75) is 20.0 Å². The molecule has 2 aromatic rings. The van der Waals surface area contributed by atoms with Gasteiger partial charge in [-0.2, -0.15) is 5.01 Å². The number of nitrogens with zero attached hydrogens (tertiary/aromatic N) is 2. The van der Waals surface area contributed by atoms with Crippen LogP contribution in [0.5, 0.6) is 0 Å². The summed E-state index contributed by atoms with van der Waals surface area (Å²) in [6, 6.07) is 14.6. The lowest BCUT2D eigenvalue weighted by Gasteiger charge is -2.19. The van der Waals surface area contributed by atoms with Crippen molar-refractivity contribution in [1.82, 2.24) is 0 Å². The highest BCUT2D eigenvalue weighted by atomic mass is 15.7. The van der Waals surface area contributed by atoms with Gasteiger partial charge < -0.3 is 0 Å². The minimum atomic E-state index is 0.262. The van der Waals surface area contributed by atoms with Gasteiger partial charge in [0, 0.05) is 6.07 Å². The monoisotopic (exact) mass is 226 g/mol. The van der Waals surface area contributed by atoms with Crippen molar-refractivity contribution in [3.63, 3.8) is 0 Å². The average Bonchev–Trinajstić information content (AvgIpc) is 2.66. The summed E-state index contributed by atoms with van der Waals surface area (Å²) in [7, 11) is 0. The number of aromatic nitrogens is 1. The van der Waals surface area contributed by atoms with Crippen LogP contribution in [-0.2, 0) is 0 Å². The molecule has 17 heavy (non-hydrogen) atoms. The first-order valence-corrected chi connectivity index (χ1v) is 5.90. The predicted molar refractivity (Wildman–Crippen MR) is 68.8 cm³/mol. The zero-order chi connectivity index (χ0) is 11.8. The molecule has 0 saturated heterocycles. The van der Waals surface area contributed by atoms with Gasteiger partial charge in [0.2, 0.25) is 6.17 Å². The maximum Gasteiger partial charge on any atom is 0.300 e. The molecule has 0 saturated carbocycles. The number of hydrogen-bond acceptors (Lipinski definition) is 2. The number of fused-ring (bicyclic) bond motifs is 1. The molecule has 0 radical (unpaired) electrons. The second-order valence-electron chi connectivity index (χ2n) is 4.38.